The van der Waals surface area contributed by atoms with Gasteiger partial charge < -0.3 is 10.1 Å². The minimum absolute atomic E-state index is 0.169. The predicted octanol–water partition coefficient (Wildman–Crippen LogP) is 2.69. The number of nitrogens with one attached hydrogen (secondary N) is 2. The van der Waals surface area contributed by atoms with E-state index in [9.17, 15) is 13.2 Å². The van der Waals surface area contributed by atoms with Gasteiger partial charge in [0.25, 0.3) is 5.91 Å². The molecule has 2 rings (SSSR count). The molecule has 0 atom stereocenters. The summed E-state index contributed by atoms with van der Waals surface area (Å²) >= 11 is 0. The largest absolute Gasteiger partial charge is 0.483 e. The average molecular weight is 348 g/mol. The van der Waals surface area contributed by atoms with Gasteiger partial charge in [-0.3, -0.25) is 9.52 Å². The number of hydrogen-bond donors (Lipinski definition) is 2. The summed E-state index contributed by atoms with van der Waals surface area (Å²) in [4.78, 5) is 12.1. The summed E-state index contributed by atoms with van der Waals surface area (Å²) in [5.74, 6) is 0.270. The van der Waals surface area contributed by atoms with E-state index in [1.807, 2.05) is 32.0 Å². The normalized spacial score (nSPS) is 11.0. The van der Waals surface area contributed by atoms with Crippen molar-refractivity contribution in [3.8, 4) is 5.75 Å². The number of rotatable bonds is 6. The van der Waals surface area contributed by atoms with E-state index in [-0.39, 0.29) is 12.5 Å². The number of anilines is 2. The van der Waals surface area contributed by atoms with Gasteiger partial charge in [0.2, 0.25) is 10.0 Å². The molecule has 7 heteroatoms. The Labute approximate surface area is 141 Å². The van der Waals surface area contributed by atoms with Crippen LogP contribution >= 0.6 is 0 Å². The standard InChI is InChI=1S/C17H20N2O4S/c1-12-8-9-13(2)16(10-12)23-11-17(20)18-14-6-4-5-7-15(14)19-24(3,21)22/h4-10,19H,11H2,1-3H3,(H,18,20). The highest BCUT2D eigenvalue weighted by Gasteiger charge is 2.11. The van der Waals surface area contributed by atoms with Gasteiger partial charge in [-0.05, 0) is 43.2 Å². The fraction of sp³-hybridized carbons (Fsp3) is 0.235. The van der Waals surface area contributed by atoms with E-state index in [2.05, 4.69) is 10.0 Å². The van der Waals surface area contributed by atoms with Crippen molar-refractivity contribution in [3.63, 3.8) is 0 Å². The Balaban J connectivity index is 2.04. The number of aryl methyl sites for hydroxylation is 2. The molecule has 2 aromatic carbocycles. The zero-order chi connectivity index (χ0) is 17.7. The number of hydrogen-bond acceptors (Lipinski definition) is 4. The lowest BCUT2D eigenvalue weighted by molar-refractivity contribution is -0.118. The molecule has 6 nitrogen and oxygen atoms in total. The van der Waals surface area contributed by atoms with Crippen molar-refractivity contribution < 1.29 is 17.9 Å². The third kappa shape index (κ3) is 5.27. The SMILES string of the molecule is Cc1ccc(C)c(OCC(=O)Nc2ccccc2NS(C)(=O)=O)c1. The van der Waals surface area contributed by atoms with E-state index in [1.165, 1.54) is 0 Å². The number of para-hydroxylation sites is 2. The Morgan fingerprint density at radius 1 is 1.08 bits per heavy atom. The monoisotopic (exact) mass is 348 g/mol. The van der Waals surface area contributed by atoms with Crippen molar-refractivity contribution in [2.24, 2.45) is 0 Å². The molecule has 0 aliphatic carbocycles. The molecule has 0 saturated heterocycles. The molecule has 0 aliphatic heterocycles. The van der Waals surface area contributed by atoms with Crippen LogP contribution in [0, 0.1) is 13.8 Å². The van der Waals surface area contributed by atoms with E-state index in [1.54, 1.807) is 24.3 Å². The summed E-state index contributed by atoms with van der Waals surface area (Å²) in [5, 5.41) is 2.65. The van der Waals surface area contributed by atoms with Gasteiger partial charge in [0.05, 0.1) is 17.6 Å². The summed E-state index contributed by atoms with van der Waals surface area (Å²) in [7, 11) is -3.43. The maximum Gasteiger partial charge on any atom is 0.262 e. The number of benzene rings is 2. The highest BCUT2D eigenvalue weighted by atomic mass is 32.2. The predicted molar refractivity (Wildman–Crippen MR) is 94.9 cm³/mol. The van der Waals surface area contributed by atoms with Crippen LogP contribution in [-0.4, -0.2) is 27.2 Å². The molecule has 24 heavy (non-hydrogen) atoms. The number of sulfonamides is 1. The Morgan fingerprint density at radius 3 is 2.42 bits per heavy atom. The molecule has 1 amide bonds. The molecule has 2 aromatic rings. The van der Waals surface area contributed by atoms with E-state index < -0.39 is 10.0 Å². The molecule has 0 fully saturated rings. The molecule has 0 bridgehead atoms. The summed E-state index contributed by atoms with van der Waals surface area (Å²) in [6, 6.07) is 12.3. The molecule has 2 N–H and O–H groups in total. The minimum atomic E-state index is -3.43. The zero-order valence-corrected chi connectivity index (χ0v) is 14.6. The molecule has 0 radical (unpaired) electrons. The molecule has 0 unspecified atom stereocenters. The van der Waals surface area contributed by atoms with Crippen LogP contribution in [0.4, 0.5) is 11.4 Å². The number of amides is 1. The molecule has 0 saturated carbocycles. The third-order valence-electron chi connectivity index (χ3n) is 3.20. The summed E-state index contributed by atoms with van der Waals surface area (Å²) in [6.07, 6.45) is 1.05. The van der Waals surface area contributed by atoms with E-state index in [0.29, 0.717) is 17.1 Å². The Morgan fingerprint density at radius 2 is 1.75 bits per heavy atom. The van der Waals surface area contributed by atoms with E-state index in [0.717, 1.165) is 17.4 Å². The first-order chi connectivity index (χ1) is 11.2. The molecule has 0 heterocycles. The first-order valence-electron chi connectivity index (χ1n) is 7.31. The summed E-state index contributed by atoms with van der Waals surface area (Å²) in [6.45, 7) is 3.68. The van der Waals surface area contributed by atoms with Gasteiger partial charge in [-0.1, -0.05) is 24.3 Å². The van der Waals surface area contributed by atoms with Crippen LogP contribution in [0.5, 0.6) is 5.75 Å². The Bertz CT molecular complexity index is 847. The van der Waals surface area contributed by atoms with Crippen LogP contribution < -0.4 is 14.8 Å². The van der Waals surface area contributed by atoms with Gasteiger partial charge in [0, 0.05) is 0 Å². The van der Waals surface area contributed by atoms with Gasteiger partial charge in [0.1, 0.15) is 5.75 Å². The fourth-order valence-corrected chi connectivity index (χ4v) is 2.65. The Kier molecular flexibility index (Phi) is 5.46. The van der Waals surface area contributed by atoms with E-state index >= 15 is 0 Å². The molecule has 0 aromatic heterocycles. The van der Waals surface area contributed by atoms with Gasteiger partial charge in [-0.2, -0.15) is 0 Å². The van der Waals surface area contributed by atoms with Gasteiger partial charge >= 0.3 is 0 Å². The van der Waals surface area contributed by atoms with Crippen molar-refractivity contribution in [2.45, 2.75) is 13.8 Å². The first-order valence-corrected chi connectivity index (χ1v) is 9.20. The second-order valence-corrected chi connectivity index (χ2v) is 7.27. The van der Waals surface area contributed by atoms with Crippen molar-refractivity contribution >= 4 is 27.3 Å². The molecule has 0 spiro atoms. The second kappa shape index (κ2) is 7.35. The van der Waals surface area contributed by atoms with Crippen LogP contribution in [0.25, 0.3) is 0 Å². The lowest BCUT2D eigenvalue weighted by atomic mass is 10.1. The maximum atomic E-state index is 12.1. The topological polar surface area (TPSA) is 84.5 Å². The van der Waals surface area contributed by atoms with Crippen molar-refractivity contribution in [1.82, 2.24) is 0 Å². The number of carbonyl (C=O) groups is 1. The fourth-order valence-electron chi connectivity index (χ4n) is 2.07. The first kappa shape index (κ1) is 17.8. The van der Waals surface area contributed by atoms with Crippen LogP contribution in [0.2, 0.25) is 0 Å². The van der Waals surface area contributed by atoms with Crippen LogP contribution in [0.1, 0.15) is 11.1 Å². The van der Waals surface area contributed by atoms with E-state index in [4.69, 9.17) is 4.74 Å². The second-order valence-electron chi connectivity index (χ2n) is 5.53. The highest BCUT2D eigenvalue weighted by Crippen LogP contribution is 2.22. The summed E-state index contributed by atoms with van der Waals surface area (Å²) < 4.78 is 30.6. The van der Waals surface area contributed by atoms with Crippen molar-refractivity contribution in [1.29, 1.82) is 0 Å². The average Bonchev–Trinajstić information content (AvgIpc) is 2.49. The molecular weight excluding hydrogens is 328 g/mol. The van der Waals surface area contributed by atoms with Gasteiger partial charge in [-0.25, -0.2) is 8.42 Å². The maximum absolute atomic E-state index is 12.1. The lowest BCUT2D eigenvalue weighted by Crippen LogP contribution is -2.21. The smallest absolute Gasteiger partial charge is 0.262 e. The minimum Gasteiger partial charge on any atom is -0.483 e. The van der Waals surface area contributed by atoms with Crippen molar-refractivity contribution in [3.05, 3.63) is 53.6 Å². The zero-order valence-electron chi connectivity index (χ0n) is 13.8. The van der Waals surface area contributed by atoms with Crippen LogP contribution in [-0.2, 0) is 14.8 Å². The molecule has 128 valence electrons. The van der Waals surface area contributed by atoms with Crippen LogP contribution in [0.3, 0.4) is 0 Å². The summed E-state index contributed by atoms with van der Waals surface area (Å²) in [5.41, 5.74) is 2.66. The van der Waals surface area contributed by atoms with Gasteiger partial charge in [-0.15, -0.1) is 0 Å². The lowest BCUT2D eigenvalue weighted by Gasteiger charge is -2.13. The Hall–Kier alpha value is -2.54. The highest BCUT2D eigenvalue weighted by molar-refractivity contribution is 7.92. The quantitative estimate of drug-likeness (QED) is 0.840. The number of ether oxygens (including phenoxy) is 1. The van der Waals surface area contributed by atoms with Crippen molar-refractivity contribution in [2.75, 3.05) is 22.9 Å². The number of carbonyl (C=O) groups excluding carboxylic acids is 1. The molecule has 0 aliphatic rings. The van der Waals surface area contributed by atoms with Crippen LogP contribution in [0.15, 0.2) is 42.5 Å². The third-order valence-corrected chi connectivity index (χ3v) is 3.79. The molecular formula is C17H20N2O4S. The van der Waals surface area contributed by atoms with Gasteiger partial charge in [0.15, 0.2) is 6.61 Å².